The van der Waals surface area contributed by atoms with Gasteiger partial charge in [0.2, 0.25) is 5.89 Å². The third-order valence-corrected chi connectivity index (χ3v) is 13.2. The number of nitrogens with zero attached hydrogens (tertiary/aromatic N) is 2. The summed E-state index contributed by atoms with van der Waals surface area (Å²) in [4.78, 5) is 7.22. The van der Waals surface area contributed by atoms with Gasteiger partial charge in [-0.15, -0.1) is 0 Å². The second-order valence-electron chi connectivity index (χ2n) is 17.5. The molecule has 0 amide bonds. The van der Waals surface area contributed by atoms with Gasteiger partial charge in [0.05, 0.1) is 0 Å². The van der Waals surface area contributed by atoms with Gasteiger partial charge in [-0.1, -0.05) is 188 Å². The Bertz CT molecular complexity index is 3710. The van der Waals surface area contributed by atoms with Crippen LogP contribution in [-0.4, -0.2) is 4.98 Å². The topological polar surface area (TPSA) is 29.3 Å². The van der Waals surface area contributed by atoms with Crippen molar-refractivity contribution in [2.75, 3.05) is 4.90 Å². The number of para-hydroxylation sites is 1. The second kappa shape index (κ2) is 17.9. The van der Waals surface area contributed by atoms with E-state index >= 15 is 0 Å². The van der Waals surface area contributed by atoms with Crippen LogP contribution < -0.4 is 4.90 Å². The van der Waals surface area contributed by atoms with E-state index in [1.165, 1.54) is 66.5 Å². The number of aromatic nitrogens is 1. The highest BCUT2D eigenvalue weighted by Gasteiger charge is 2.18. The molecular formula is C65H46N2O. The summed E-state index contributed by atoms with van der Waals surface area (Å²) in [5.41, 5.74) is 18.2. The zero-order chi connectivity index (χ0) is 45.2. The maximum Gasteiger partial charge on any atom is 0.227 e. The highest BCUT2D eigenvalue weighted by molar-refractivity contribution is 6.05. The molecule has 0 bridgehead atoms. The van der Waals surface area contributed by atoms with E-state index < -0.39 is 0 Å². The first-order chi connectivity index (χ1) is 33.7. The molecule has 0 unspecified atom stereocenters. The molecule has 11 aromatic carbocycles. The molecule has 1 aromatic heterocycles. The molecule has 0 fully saturated rings. The Labute approximate surface area is 396 Å². The SMILES string of the molecule is c1ccc(CCc2ccccc2N(c2cccc(-c3ccc(-c4ccccc4)cc3)c2)c2ccc3cc(-c4ccc(-c5ccc6c(ccc7nc(-c8ccccc8)oc76)c5)cc4)ccc3c2)cc1. The summed E-state index contributed by atoms with van der Waals surface area (Å²) in [6.07, 6.45) is 1.89. The monoisotopic (exact) mass is 870 g/mol. The Hall–Kier alpha value is -8.79. The van der Waals surface area contributed by atoms with Crippen molar-refractivity contribution < 1.29 is 4.42 Å². The van der Waals surface area contributed by atoms with Gasteiger partial charge in [-0.05, 0) is 151 Å². The largest absolute Gasteiger partial charge is 0.435 e. The third-order valence-electron chi connectivity index (χ3n) is 13.2. The predicted octanol–water partition coefficient (Wildman–Crippen LogP) is 17.7. The van der Waals surface area contributed by atoms with Crippen LogP contribution in [0.1, 0.15) is 11.1 Å². The van der Waals surface area contributed by atoms with Crippen LogP contribution in [0.5, 0.6) is 0 Å². The standard InChI is InChI=1S/C65H46N2O/c1-4-13-45(14-5-1)23-24-51-17-10-11-22-63(51)67(59-21-12-20-53(43-59)48-27-25-47(26-28-48)46-15-6-2-7-16-46)60-38-35-56-41-54(33-34-57(56)44-60)49-29-31-50(32-30-49)55-36-39-61-58(42-55)37-40-62-64(61)68-65(66-62)52-18-8-3-9-19-52/h1-22,25-44H,23-24H2. The van der Waals surface area contributed by atoms with Crippen LogP contribution in [0.3, 0.4) is 0 Å². The smallest absolute Gasteiger partial charge is 0.227 e. The molecule has 12 rings (SSSR count). The average Bonchev–Trinajstić information content (AvgIpc) is 3.87. The van der Waals surface area contributed by atoms with Crippen molar-refractivity contribution in [1.82, 2.24) is 4.98 Å². The molecule has 3 heteroatoms. The summed E-state index contributed by atoms with van der Waals surface area (Å²) in [5.74, 6) is 0.642. The van der Waals surface area contributed by atoms with E-state index in [9.17, 15) is 0 Å². The molecule has 0 spiro atoms. The van der Waals surface area contributed by atoms with Crippen molar-refractivity contribution in [2.24, 2.45) is 0 Å². The van der Waals surface area contributed by atoms with Gasteiger partial charge >= 0.3 is 0 Å². The fourth-order valence-electron chi connectivity index (χ4n) is 9.61. The van der Waals surface area contributed by atoms with Gasteiger partial charge in [0.15, 0.2) is 5.58 Å². The van der Waals surface area contributed by atoms with Crippen LogP contribution in [0.25, 0.3) is 88.6 Å². The van der Waals surface area contributed by atoms with Crippen LogP contribution in [0.2, 0.25) is 0 Å². The molecule has 68 heavy (non-hydrogen) atoms. The van der Waals surface area contributed by atoms with Crippen molar-refractivity contribution in [2.45, 2.75) is 12.8 Å². The minimum atomic E-state index is 0.642. The molecular weight excluding hydrogens is 825 g/mol. The lowest BCUT2D eigenvalue weighted by atomic mass is 9.96. The fraction of sp³-hybridized carbons (Fsp3) is 0.0308. The van der Waals surface area contributed by atoms with E-state index in [0.29, 0.717) is 5.89 Å². The van der Waals surface area contributed by atoms with Crippen LogP contribution in [-0.2, 0) is 12.8 Å². The molecule has 0 aliphatic carbocycles. The Kier molecular flexibility index (Phi) is 10.7. The molecule has 0 atom stereocenters. The molecule has 0 saturated heterocycles. The number of oxazole rings is 1. The molecule has 0 aliphatic rings. The van der Waals surface area contributed by atoms with Gasteiger partial charge in [-0.25, -0.2) is 4.98 Å². The summed E-state index contributed by atoms with van der Waals surface area (Å²) in [6.45, 7) is 0. The van der Waals surface area contributed by atoms with Crippen molar-refractivity contribution in [3.8, 4) is 56.0 Å². The number of hydrogen-bond acceptors (Lipinski definition) is 3. The third kappa shape index (κ3) is 8.12. The summed E-state index contributed by atoms with van der Waals surface area (Å²) in [5, 5.41) is 4.57. The lowest BCUT2D eigenvalue weighted by Crippen LogP contribution is -2.12. The molecule has 0 aliphatic heterocycles. The predicted molar refractivity (Wildman–Crippen MR) is 285 cm³/mol. The molecule has 3 nitrogen and oxygen atoms in total. The molecule has 12 aromatic rings. The minimum Gasteiger partial charge on any atom is -0.435 e. The Morgan fingerprint density at radius 2 is 0.838 bits per heavy atom. The lowest BCUT2D eigenvalue weighted by Gasteiger charge is -2.28. The van der Waals surface area contributed by atoms with E-state index in [2.05, 4.69) is 229 Å². The van der Waals surface area contributed by atoms with Gasteiger partial charge in [0.25, 0.3) is 0 Å². The highest BCUT2D eigenvalue weighted by atomic mass is 16.3. The number of benzene rings is 11. The van der Waals surface area contributed by atoms with Crippen LogP contribution in [0.4, 0.5) is 17.1 Å². The van der Waals surface area contributed by atoms with Crippen molar-refractivity contribution >= 4 is 49.7 Å². The number of hydrogen-bond donors (Lipinski definition) is 0. The Morgan fingerprint density at radius 1 is 0.338 bits per heavy atom. The minimum absolute atomic E-state index is 0.642. The quantitative estimate of drug-likeness (QED) is 0.130. The fourth-order valence-corrected chi connectivity index (χ4v) is 9.61. The van der Waals surface area contributed by atoms with Gasteiger partial charge in [-0.3, -0.25) is 0 Å². The van der Waals surface area contributed by atoms with E-state index in [1.54, 1.807) is 0 Å². The van der Waals surface area contributed by atoms with E-state index in [-0.39, 0.29) is 0 Å². The van der Waals surface area contributed by atoms with E-state index in [0.717, 1.165) is 57.2 Å². The highest BCUT2D eigenvalue weighted by Crippen LogP contribution is 2.41. The first-order valence-corrected chi connectivity index (χ1v) is 23.4. The van der Waals surface area contributed by atoms with E-state index in [4.69, 9.17) is 9.40 Å². The van der Waals surface area contributed by atoms with Gasteiger partial charge < -0.3 is 9.32 Å². The molecule has 0 saturated carbocycles. The van der Waals surface area contributed by atoms with Crippen LogP contribution >= 0.6 is 0 Å². The summed E-state index contributed by atoms with van der Waals surface area (Å²) in [7, 11) is 0. The number of rotatable bonds is 11. The first-order valence-electron chi connectivity index (χ1n) is 23.4. The molecule has 1 heterocycles. The number of anilines is 3. The van der Waals surface area contributed by atoms with Crippen LogP contribution in [0.15, 0.2) is 259 Å². The summed E-state index contributed by atoms with van der Waals surface area (Å²) < 4.78 is 6.31. The van der Waals surface area contributed by atoms with Crippen molar-refractivity contribution in [3.05, 3.63) is 266 Å². The number of aryl methyl sites for hydroxylation is 2. The normalized spacial score (nSPS) is 11.4. The lowest BCUT2D eigenvalue weighted by molar-refractivity contribution is 0.623. The Morgan fingerprint density at radius 3 is 1.56 bits per heavy atom. The summed E-state index contributed by atoms with van der Waals surface area (Å²) >= 11 is 0. The molecule has 0 N–H and O–H groups in total. The molecule has 322 valence electrons. The summed E-state index contributed by atoms with van der Waals surface area (Å²) in [6, 6.07) is 91.6. The van der Waals surface area contributed by atoms with Crippen molar-refractivity contribution in [1.29, 1.82) is 0 Å². The van der Waals surface area contributed by atoms with E-state index in [1.807, 2.05) is 30.3 Å². The Balaban J connectivity index is 0.851. The molecule has 0 radical (unpaired) electrons. The second-order valence-corrected chi connectivity index (χ2v) is 17.5. The van der Waals surface area contributed by atoms with Gasteiger partial charge in [-0.2, -0.15) is 0 Å². The zero-order valence-corrected chi connectivity index (χ0v) is 37.5. The first kappa shape index (κ1) is 40.7. The average molecular weight is 871 g/mol. The number of fused-ring (bicyclic) bond motifs is 4. The van der Waals surface area contributed by atoms with Gasteiger partial charge in [0, 0.05) is 28.0 Å². The van der Waals surface area contributed by atoms with Crippen molar-refractivity contribution in [3.63, 3.8) is 0 Å². The van der Waals surface area contributed by atoms with Crippen LogP contribution in [0, 0.1) is 0 Å². The zero-order valence-electron chi connectivity index (χ0n) is 37.5. The maximum atomic E-state index is 6.31. The van der Waals surface area contributed by atoms with Gasteiger partial charge in [0.1, 0.15) is 5.52 Å². The maximum absolute atomic E-state index is 6.31.